The molecule has 0 spiro atoms. The van der Waals surface area contributed by atoms with E-state index in [1.54, 1.807) is 18.5 Å². The van der Waals surface area contributed by atoms with Crippen molar-refractivity contribution < 1.29 is 5.21 Å². The molecule has 110 valence electrons. The number of aromatic nitrogens is 3. The first-order valence-electron chi connectivity index (χ1n) is 7.12. The fourth-order valence-corrected chi connectivity index (χ4v) is 2.96. The van der Waals surface area contributed by atoms with Crippen LogP contribution in [0.3, 0.4) is 0 Å². The first-order chi connectivity index (χ1) is 10.7. The number of rotatable bonds is 1. The van der Waals surface area contributed by atoms with Crippen LogP contribution in [0.2, 0.25) is 0 Å². The summed E-state index contributed by atoms with van der Waals surface area (Å²) >= 11 is 0. The molecule has 4 heterocycles. The van der Waals surface area contributed by atoms with Crippen molar-refractivity contribution in [1.82, 2.24) is 14.7 Å². The van der Waals surface area contributed by atoms with Crippen molar-refractivity contribution >= 4 is 16.7 Å². The molecule has 3 aromatic rings. The van der Waals surface area contributed by atoms with Crippen molar-refractivity contribution in [3.05, 3.63) is 64.3 Å². The second-order valence-corrected chi connectivity index (χ2v) is 5.33. The second-order valence-electron chi connectivity index (χ2n) is 5.33. The Hall–Kier alpha value is -2.89. The van der Waals surface area contributed by atoms with Gasteiger partial charge in [-0.05, 0) is 23.8 Å². The lowest BCUT2D eigenvalue weighted by Crippen LogP contribution is -2.32. The third-order valence-electron chi connectivity index (χ3n) is 4.04. The first kappa shape index (κ1) is 12.8. The van der Waals surface area contributed by atoms with Crippen LogP contribution < -0.4 is 10.5 Å². The van der Waals surface area contributed by atoms with Crippen LogP contribution in [0.15, 0.2) is 47.5 Å². The molecular weight excluding hydrogens is 280 g/mol. The van der Waals surface area contributed by atoms with Gasteiger partial charge in [0.25, 0.3) is 5.56 Å². The molecule has 0 aliphatic carbocycles. The average molecular weight is 294 g/mol. The Bertz CT molecular complexity index is 919. The third-order valence-corrected chi connectivity index (χ3v) is 4.04. The maximum absolute atomic E-state index is 12.0. The smallest absolute Gasteiger partial charge is 0.286 e. The minimum absolute atomic E-state index is 0.280. The molecule has 0 bridgehead atoms. The van der Waals surface area contributed by atoms with E-state index in [2.05, 4.69) is 20.9 Å². The zero-order chi connectivity index (χ0) is 15.1. The van der Waals surface area contributed by atoms with E-state index in [0.29, 0.717) is 11.3 Å². The highest BCUT2D eigenvalue weighted by Gasteiger charge is 2.20. The number of nitrogens with zero attached hydrogens (tertiary/aromatic N) is 4. The van der Waals surface area contributed by atoms with Crippen molar-refractivity contribution in [1.29, 1.82) is 0 Å². The average Bonchev–Trinajstić information content (AvgIpc) is 2.58. The minimum Gasteiger partial charge on any atom is -0.423 e. The fourth-order valence-electron chi connectivity index (χ4n) is 2.96. The lowest BCUT2D eigenvalue weighted by molar-refractivity contribution is 0.186. The molecule has 22 heavy (non-hydrogen) atoms. The third kappa shape index (κ3) is 1.92. The Balaban J connectivity index is 1.86. The van der Waals surface area contributed by atoms with E-state index in [4.69, 9.17) is 0 Å². The summed E-state index contributed by atoms with van der Waals surface area (Å²) in [6, 6.07) is 9.11. The SMILES string of the molecule is O=c1cc(N2CCc3ncccc3C2)c2cccnc2n1O. The van der Waals surface area contributed by atoms with Gasteiger partial charge in [0.1, 0.15) is 0 Å². The zero-order valence-electron chi connectivity index (χ0n) is 11.8. The summed E-state index contributed by atoms with van der Waals surface area (Å²) in [5, 5.41) is 10.6. The zero-order valence-corrected chi connectivity index (χ0v) is 11.8. The maximum Gasteiger partial charge on any atom is 0.286 e. The van der Waals surface area contributed by atoms with Crippen LogP contribution >= 0.6 is 0 Å². The Morgan fingerprint density at radius 3 is 2.86 bits per heavy atom. The van der Waals surface area contributed by atoms with Crippen LogP contribution in [-0.2, 0) is 13.0 Å². The molecule has 3 aromatic heterocycles. The summed E-state index contributed by atoms with van der Waals surface area (Å²) in [5.41, 5.74) is 2.88. The summed E-state index contributed by atoms with van der Waals surface area (Å²) in [6.45, 7) is 1.48. The topological polar surface area (TPSA) is 71.2 Å². The minimum atomic E-state index is -0.474. The maximum atomic E-state index is 12.0. The highest BCUT2D eigenvalue weighted by Crippen LogP contribution is 2.28. The predicted molar refractivity (Wildman–Crippen MR) is 82.2 cm³/mol. The highest BCUT2D eigenvalue weighted by molar-refractivity contribution is 5.89. The van der Waals surface area contributed by atoms with Crippen molar-refractivity contribution in [3.8, 4) is 0 Å². The van der Waals surface area contributed by atoms with E-state index in [9.17, 15) is 10.0 Å². The largest absolute Gasteiger partial charge is 0.423 e. The Morgan fingerprint density at radius 1 is 1.14 bits per heavy atom. The van der Waals surface area contributed by atoms with Crippen LogP contribution in [0.5, 0.6) is 0 Å². The molecule has 0 aromatic carbocycles. The Morgan fingerprint density at radius 2 is 1.95 bits per heavy atom. The normalized spacial score (nSPS) is 14.1. The Kier molecular flexibility index (Phi) is 2.82. The van der Waals surface area contributed by atoms with Crippen LogP contribution in [0, 0.1) is 0 Å². The molecule has 1 aliphatic rings. The van der Waals surface area contributed by atoms with Gasteiger partial charge in [0.15, 0.2) is 5.65 Å². The van der Waals surface area contributed by atoms with Gasteiger partial charge in [0.2, 0.25) is 0 Å². The molecule has 0 amide bonds. The standard InChI is InChI=1S/C16H14N4O2/c21-15-9-14(12-4-2-7-18-16(12)20(15)22)19-8-5-13-11(10-19)3-1-6-17-13/h1-4,6-7,9,22H,5,8,10H2. The number of hydrogen-bond donors (Lipinski definition) is 1. The Labute approximate surface area is 126 Å². The molecule has 1 aliphatic heterocycles. The predicted octanol–water partition coefficient (Wildman–Crippen LogP) is 1.59. The van der Waals surface area contributed by atoms with Gasteiger partial charge in [-0.15, -0.1) is 4.73 Å². The monoisotopic (exact) mass is 294 g/mol. The van der Waals surface area contributed by atoms with Gasteiger partial charge in [0, 0.05) is 49.1 Å². The van der Waals surface area contributed by atoms with E-state index in [-0.39, 0.29) is 5.65 Å². The number of anilines is 1. The molecule has 0 radical (unpaired) electrons. The van der Waals surface area contributed by atoms with Gasteiger partial charge >= 0.3 is 0 Å². The van der Waals surface area contributed by atoms with E-state index in [0.717, 1.165) is 29.7 Å². The molecule has 0 fully saturated rings. The van der Waals surface area contributed by atoms with E-state index in [1.165, 1.54) is 11.6 Å². The van der Waals surface area contributed by atoms with Crippen molar-refractivity contribution in [3.63, 3.8) is 0 Å². The summed E-state index contributed by atoms with van der Waals surface area (Å²) in [5.74, 6) is 0. The van der Waals surface area contributed by atoms with Crippen molar-refractivity contribution in [2.24, 2.45) is 0 Å². The molecule has 6 heteroatoms. The number of hydrogen-bond acceptors (Lipinski definition) is 5. The van der Waals surface area contributed by atoms with Crippen LogP contribution in [0.25, 0.3) is 11.0 Å². The second kappa shape index (κ2) is 4.84. The lowest BCUT2D eigenvalue weighted by Gasteiger charge is -2.30. The molecule has 0 saturated heterocycles. The summed E-state index contributed by atoms with van der Waals surface area (Å²) < 4.78 is 0.596. The highest BCUT2D eigenvalue weighted by atomic mass is 16.5. The molecular formula is C16H14N4O2. The molecule has 0 atom stereocenters. The van der Waals surface area contributed by atoms with E-state index in [1.807, 2.05) is 12.1 Å². The van der Waals surface area contributed by atoms with Crippen LogP contribution in [0.1, 0.15) is 11.3 Å². The van der Waals surface area contributed by atoms with Crippen LogP contribution in [-0.4, -0.2) is 26.5 Å². The van der Waals surface area contributed by atoms with Crippen LogP contribution in [0.4, 0.5) is 5.69 Å². The summed E-state index contributed by atoms with van der Waals surface area (Å²) in [4.78, 5) is 22.6. The van der Waals surface area contributed by atoms with Gasteiger partial charge in [-0.3, -0.25) is 9.78 Å². The van der Waals surface area contributed by atoms with Gasteiger partial charge < -0.3 is 10.1 Å². The molecule has 1 N–H and O–H groups in total. The fraction of sp³-hybridized carbons (Fsp3) is 0.188. The van der Waals surface area contributed by atoms with E-state index < -0.39 is 5.56 Å². The number of fused-ring (bicyclic) bond motifs is 2. The molecule has 4 rings (SSSR count). The first-order valence-corrected chi connectivity index (χ1v) is 7.12. The quantitative estimate of drug-likeness (QED) is 0.690. The molecule has 6 nitrogen and oxygen atoms in total. The summed E-state index contributed by atoms with van der Waals surface area (Å²) in [7, 11) is 0. The van der Waals surface area contributed by atoms with Crippen molar-refractivity contribution in [2.45, 2.75) is 13.0 Å². The van der Waals surface area contributed by atoms with E-state index >= 15 is 0 Å². The van der Waals surface area contributed by atoms with Gasteiger partial charge in [0.05, 0.1) is 5.69 Å². The van der Waals surface area contributed by atoms with Gasteiger partial charge in [-0.2, -0.15) is 0 Å². The molecule has 0 saturated carbocycles. The van der Waals surface area contributed by atoms with Crippen molar-refractivity contribution in [2.75, 3.05) is 11.4 Å². The van der Waals surface area contributed by atoms with Gasteiger partial charge in [-0.1, -0.05) is 6.07 Å². The molecule has 0 unspecified atom stereocenters. The lowest BCUT2D eigenvalue weighted by atomic mass is 10.0. The van der Waals surface area contributed by atoms with Gasteiger partial charge in [-0.25, -0.2) is 4.98 Å². The number of pyridine rings is 3. The summed E-state index contributed by atoms with van der Waals surface area (Å²) in [6.07, 6.45) is 4.20.